The third kappa shape index (κ3) is 11.1. The van der Waals surface area contributed by atoms with Crippen molar-refractivity contribution in [2.24, 2.45) is 59.8 Å². The lowest BCUT2D eigenvalue weighted by Crippen LogP contribution is -2.24. The van der Waals surface area contributed by atoms with Crippen LogP contribution in [-0.4, -0.2) is 59.2 Å². The van der Waals surface area contributed by atoms with Crippen LogP contribution >= 0.6 is 0 Å². The largest absolute Gasteiger partial charge is 0.349 e. The molecule has 2 aliphatic heterocycles. The summed E-state index contributed by atoms with van der Waals surface area (Å²) in [5.74, 6) is 2.11. The van der Waals surface area contributed by atoms with Gasteiger partial charge in [0.05, 0.1) is 68.4 Å². The average Bonchev–Trinajstić information content (AvgIpc) is 4.08. The maximum Gasteiger partial charge on any atom is 0.177 e. The summed E-state index contributed by atoms with van der Waals surface area (Å²) in [7, 11) is 8.49. The molecule has 0 saturated carbocycles. The van der Waals surface area contributed by atoms with Gasteiger partial charge in [0.25, 0.3) is 0 Å². The molecule has 12 heteroatoms. The Kier molecular flexibility index (Phi) is 15.5. The molecule has 8 heterocycles. The molecule has 0 spiro atoms. The highest BCUT2D eigenvalue weighted by Gasteiger charge is 2.43. The average molecular weight is 1020 g/mol. The maximum atomic E-state index is 5.12. The van der Waals surface area contributed by atoms with Crippen LogP contribution in [0.4, 0.5) is 0 Å². The molecule has 0 aromatic carbocycles. The molecule has 0 fully saturated rings. The second-order valence-corrected chi connectivity index (χ2v) is 30.2. The fourth-order valence-electron chi connectivity index (χ4n) is 10.4. The van der Waals surface area contributed by atoms with E-state index in [2.05, 4.69) is 262 Å². The number of nitrogens with zero attached hydrogens (tertiary/aromatic N) is 12. The third-order valence-electron chi connectivity index (χ3n) is 15.2. The first-order chi connectivity index (χ1) is 33.0. The molecule has 12 nitrogen and oxygen atoms in total. The van der Waals surface area contributed by atoms with Crippen LogP contribution in [0.3, 0.4) is 0 Å². The zero-order valence-corrected chi connectivity index (χ0v) is 53.5. The summed E-state index contributed by atoms with van der Waals surface area (Å²) in [6.45, 7) is 66.4. The Bertz CT molecular complexity index is 3060. The number of hydrogen-bond acceptors (Lipinski definition) is 6. The van der Waals surface area contributed by atoms with E-state index >= 15 is 0 Å². The number of aryl methyl sites for hydroxylation is 5. The second-order valence-electron chi connectivity index (χ2n) is 30.2. The Morgan fingerprint density at radius 1 is 0.378 bits per heavy atom. The maximum absolute atomic E-state index is 5.12. The van der Waals surface area contributed by atoms with Gasteiger partial charge in [0, 0.05) is 66.8 Å². The molecule has 2 aliphatic rings. The van der Waals surface area contributed by atoms with Crippen LogP contribution in [0.15, 0.2) is 9.98 Å². The fourth-order valence-corrected chi connectivity index (χ4v) is 10.4. The Morgan fingerprint density at radius 3 is 1.22 bits per heavy atom. The number of aromatic nitrogens is 10. The van der Waals surface area contributed by atoms with Crippen LogP contribution in [0.1, 0.15) is 246 Å². The molecule has 0 radical (unpaired) electrons. The summed E-state index contributed by atoms with van der Waals surface area (Å²) >= 11 is 0. The van der Waals surface area contributed by atoms with Gasteiger partial charge in [-0.15, -0.1) is 0 Å². The van der Waals surface area contributed by atoms with Crippen molar-refractivity contribution in [1.29, 1.82) is 0 Å². The number of rotatable bonds is 0. The summed E-state index contributed by atoms with van der Waals surface area (Å²) in [5, 5.41) is 9.78. The van der Waals surface area contributed by atoms with Gasteiger partial charge >= 0.3 is 0 Å². The van der Waals surface area contributed by atoms with Gasteiger partial charge in [0.15, 0.2) is 5.65 Å². The van der Waals surface area contributed by atoms with Crippen molar-refractivity contribution >= 4 is 33.6 Å². The van der Waals surface area contributed by atoms with E-state index in [1.807, 2.05) is 6.92 Å². The molecule has 0 amide bonds. The normalized spacial score (nSPS) is 16.7. The summed E-state index contributed by atoms with van der Waals surface area (Å²) < 4.78 is 13.2. The Labute approximate surface area is 449 Å². The van der Waals surface area contributed by atoms with E-state index < -0.39 is 0 Å². The van der Waals surface area contributed by atoms with Crippen LogP contribution in [-0.2, 0) is 50.1 Å². The molecule has 2 atom stereocenters. The molecule has 0 N–H and O–H groups in total. The van der Waals surface area contributed by atoms with Gasteiger partial charge in [-0.2, -0.15) is 10.2 Å². The van der Waals surface area contributed by atoms with E-state index in [1.165, 1.54) is 61.9 Å². The monoisotopic (exact) mass is 1020 g/mol. The van der Waals surface area contributed by atoms with Gasteiger partial charge in [0.1, 0.15) is 22.9 Å². The summed E-state index contributed by atoms with van der Waals surface area (Å²) in [6, 6.07) is 0.488. The lowest BCUT2D eigenvalue weighted by molar-refractivity contribution is 0.321. The summed E-state index contributed by atoms with van der Waals surface area (Å²) in [5.41, 5.74) is 20.6. The lowest BCUT2D eigenvalue weighted by atomic mass is 9.83. The highest BCUT2D eigenvalue weighted by Crippen LogP contribution is 2.48. The molecule has 6 aromatic heterocycles. The first-order valence-electron chi connectivity index (χ1n) is 27.3. The topological polar surface area (TPSA) is 106 Å². The predicted octanol–water partition coefficient (Wildman–Crippen LogP) is 15.4. The first-order valence-corrected chi connectivity index (χ1v) is 27.3. The number of aliphatic imine (C=N–C) groups is 2. The van der Waals surface area contributed by atoms with Crippen LogP contribution < -0.4 is 0 Å². The smallest absolute Gasteiger partial charge is 0.177 e. The Morgan fingerprint density at radius 2 is 0.784 bits per heavy atom. The van der Waals surface area contributed by atoms with Crippen molar-refractivity contribution in [3.63, 3.8) is 0 Å². The van der Waals surface area contributed by atoms with Crippen molar-refractivity contribution < 1.29 is 0 Å². The van der Waals surface area contributed by atoms with Gasteiger partial charge in [-0.25, -0.2) is 14.6 Å². The molecule has 74 heavy (non-hydrogen) atoms. The Balaban J connectivity index is 0.000000183. The van der Waals surface area contributed by atoms with Gasteiger partial charge in [-0.3, -0.25) is 14.7 Å². The summed E-state index contributed by atoms with van der Waals surface area (Å²) in [6.07, 6.45) is 0. The molecule has 0 aliphatic carbocycles. The van der Waals surface area contributed by atoms with E-state index in [-0.39, 0.29) is 55.7 Å². The zero-order valence-electron chi connectivity index (χ0n) is 53.5. The minimum absolute atomic E-state index is 0.000301. The quantitative estimate of drug-likeness (QED) is 0.151. The number of fused-ring (bicyclic) bond motifs is 4. The van der Waals surface area contributed by atoms with Crippen molar-refractivity contribution in [3.8, 4) is 0 Å². The molecule has 6 aromatic rings. The molecule has 0 bridgehead atoms. The van der Waals surface area contributed by atoms with Gasteiger partial charge < -0.3 is 18.3 Å². The molecule has 8 rings (SSSR count). The van der Waals surface area contributed by atoms with Crippen LogP contribution in [0.2, 0.25) is 0 Å². The fraction of sp³-hybridized carbons (Fsp3) is 0.710. The van der Waals surface area contributed by atoms with Crippen LogP contribution in [0, 0.1) is 63.2 Å². The second kappa shape index (κ2) is 19.1. The minimum atomic E-state index is -0.0530. The van der Waals surface area contributed by atoms with Crippen molar-refractivity contribution in [2.75, 3.05) is 0 Å². The molecular weight excluding hydrogens is 913 g/mol. The first kappa shape index (κ1) is 60.1. The SMILES string of the molecule is Cc1c(C)n(C)c2c(C(C)(C)C)nn(C(C)(C)C)c12.Cc1c2c(n(C)c1C)C(C(C)(C)C)N=C2C(C)(C)C.Cc1nc2c(c(C(C)(C)C)nn2C(C)(C)C)n1C.Cc1nc2c(n1C)C(C(C)(C)C)N=C2C(C)(C)C. The predicted molar refractivity (Wildman–Crippen MR) is 316 cm³/mol. The molecule has 2 unspecified atom stereocenters. The molecule has 0 saturated heterocycles. The van der Waals surface area contributed by atoms with E-state index in [9.17, 15) is 0 Å². The molecular formula is C62H104N12. The van der Waals surface area contributed by atoms with Crippen molar-refractivity contribution in [3.05, 3.63) is 68.2 Å². The van der Waals surface area contributed by atoms with E-state index in [0.717, 1.165) is 39.9 Å². The zero-order chi connectivity index (χ0) is 57.3. The van der Waals surface area contributed by atoms with Crippen LogP contribution in [0.25, 0.3) is 22.2 Å². The minimum Gasteiger partial charge on any atom is -0.349 e. The standard InChI is InChI=1S/C17H28N2.C16H27N3.C15H25N3.C14H24N4/c1-10-11(2)19(9)13-12(10)14(16(3,4)5)18-15(13)17(6,7)8;1-10-11(2)18(9)13-12(10)19(16(6,7)8)17-14(13)15(3,4)5;1-9-16-10-11(18(9)8)13(15(5,6)7)17-12(10)14(2,3)4;1-9-15-12-10(17(9)8)11(13(2,3)4)16-18(12)14(5,6)7/h15H,1-9H3;1-9H3;13H,1-8H3;1-8H3. The van der Waals surface area contributed by atoms with Gasteiger partial charge in [0.2, 0.25) is 0 Å². The highest BCUT2D eigenvalue weighted by molar-refractivity contribution is 6.09. The third-order valence-corrected chi connectivity index (χ3v) is 15.2. The van der Waals surface area contributed by atoms with E-state index in [0.29, 0.717) is 0 Å². The highest BCUT2D eigenvalue weighted by atomic mass is 15.4. The van der Waals surface area contributed by atoms with E-state index in [1.54, 1.807) is 0 Å². The van der Waals surface area contributed by atoms with Crippen LogP contribution in [0.5, 0.6) is 0 Å². The number of hydrogen-bond donors (Lipinski definition) is 0. The van der Waals surface area contributed by atoms with Gasteiger partial charge in [-0.1, -0.05) is 125 Å². The van der Waals surface area contributed by atoms with Crippen molar-refractivity contribution in [2.45, 2.75) is 242 Å². The van der Waals surface area contributed by atoms with Crippen molar-refractivity contribution in [1.82, 2.24) is 47.8 Å². The lowest BCUT2D eigenvalue weighted by Gasteiger charge is -2.26. The number of imidazole rings is 2. The van der Waals surface area contributed by atoms with Gasteiger partial charge in [-0.05, 0) is 105 Å². The Hall–Kier alpha value is -4.74. The molecule has 412 valence electrons. The summed E-state index contributed by atoms with van der Waals surface area (Å²) in [4.78, 5) is 19.5. The van der Waals surface area contributed by atoms with E-state index in [4.69, 9.17) is 25.2 Å².